The van der Waals surface area contributed by atoms with Crippen LogP contribution in [0.2, 0.25) is 0 Å². The second-order valence-corrected chi connectivity index (χ2v) is 7.76. The van der Waals surface area contributed by atoms with E-state index < -0.39 is 0 Å². The largest absolute Gasteiger partial charge is 0.493 e. The summed E-state index contributed by atoms with van der Waals surface area (Å²) in [7, 11) is 1.51. The quantitative estimate of drug-likeness (QED) is 0.487. The molecule has 1 heterocycles. The Hall–Kier alpha value is -3.43. The van der Waals surface area contributed by atoms with Crippen molar-refractivity contribution in [3.05, 3.63) is 64.1 Å². The van der Waals surface area contributed by atoms with Crippen LogP contribution in [0.1, 0.15) is 27.3 Å². The number of carbonyl (C=O) groups is 2. The van der Waals surface area contributed by atoms with Gasteiger partial charge in [-0.05, 0) is 42.8 Å². The summed E-state index contributed by atoms with van der Waals surface area (Å²) < 4.78 is 10.9. The number of benzene rings is 2. The van der Waals surface area contributed by atoms with E-state index in [4.69, 9.17) is 21.1 Å². The van der Waals surface area contributed by atoms with Gasteiger partial charge in [-0.25, -0.2) is 0 Å². The number of amides is 2. The monoisotopic (exact) mass is 472 g/mol. The summed E-state index contributed by atoms with van der Waals surface area (Å²) in [5.74, 6) is 0.306. The number of para-hydroxylation sites is 1. The Morgan fingerprint density at radius 1 is 1.09 bits per heavy atom. The van der Waals surface area contributed by atoms with Gasteiger partial charge >= 0.3 is 0 Å². The lowest BCUT2D eigenvalue weighted by molar-refractivity contribution is -0.123. The smallest absolute Gasteiger partial charge is 0.286 e. The van der Waals surface area contributed by atoms with E-state index in [2.05, 4.69) is 20.8 Å². The highest BCUT2D eigenvalue weighted by atomic mass is 35.5. The Morgan fingerprint density at radius 3 is 2.56 bits per heavy atom. The predicted octanol–water partition coefficient (Wildman–Crippen LogP) is 4.05. The van der Waals surface area contributed by atoms with E-state index in [0.29, 0.717) is 33.8 Å². The molecular formula is C22H21ClN4O4S. The highest BCUT2D eigenvalue weighted by molar-refractivity contribution is 7.15. The Bertz CT molecular complexity index is 1120. The molecule has 0 aliphatic heterocycles. The number of methoxy groups -OCH3 is 1. The maximum atomic E-state index is 12.4. The summed E-state index contributed by atoms with van der Waals surface area (Å²) in [6.45, 7) is 2.25. The number of halogens is 1. The molecule has 0 bridgehead atoms. The van der Waals surface area contributed by atoms with Crippen molar-refractivity contribution in [1.82, 2.24) is 15.5 Å². The molecule has 32 heavy (non-hydrogen) atoms. The minimum atomic E-state index is -0.361. The third-order valence-corrected chi connectivity index (χ3v) is 5.42. The molecular weight excluding hydrogens is 452 g/mol. The molecule has 166 valence electrons. The van der Waals surface area contributed by atoms with Crippen LogP contribution in [0.4, 0.5) is 5.69 Å². The van der Waals surface area contributed by atoms with Gasteiger partial charge in [-0.2, -0.15) is 0 Å². The summed E-state index contributed by atoms with van der Waals surface area (Å²) in [6, 6.07) is 14.2. The molecule has 2 amide bonds. The van der Waals surface area contributed by atoms with E-state index in [1.54, 1.807) is 36.4 Å². The number of hydrogen-bond donors (Lipinski definition) is 2. The molecule has 0 unspecified atom stereocenters. The molecule has 2 N–H and O–H groups in total. The van der Waals surface area contributed by atoms with Gasteiger partial charge in [-0.3, -0.25) is 9.59 Å². The fourth-order valence-electron chi connectivity index (χ4n) is 2.61. The van der Waals surface area contributed by atoms with Gasteiger partial charge in [0.15, 0.2) is 23.1 Å². The van der Waals surface area contributed by atoms with Crippen molar-refractivity contribution in [2.24, 2.45) is 0 Å². The lowest BCUT2D eigenvalue weighted by atomic mass is 10.2. The lowest BCUT2D eigenvalue weighted by Crippen LogP contribution is -2.28. The number of rotatable bonds is 9. The van der Waals surface area contributed by atoms with Gasteiger partial charge in [0.2, 0.25) is 5.01 Å². The number of nitrogens with one attached hydrogen (secondary N) is 2. The van der Waals surface area contributed by atoms with Crippen LogP contribution >= 0.6 is 22.9 Å². The summed E-state index contributed by atoms with van der Waals surface area (Å²) in [5, 5.41) is 14.3. The third-order valence-electron chi connectivity index (χ3n) is 4.07. The average Bonchev–Trinajstić information content (AvgIpc) is 3.30. The minimum absolute atomic E-state index is 0.112. The number of hydrogen-bond acceptors (Lipinski definition) is 7. The topological polar surface area (TPSA) is 102 Å². The molecule has 0 fully saturated rings. The zero-order valence-electron chi connectivity index (χ0n) is 17.4. The van der Waals surface area contributed by atoms with Crippen molar-refractivity contribution < 1.29 is 19.1 Å². The molecule has 0 aliphatic rings. The van der Waals surface area contributed by atoms with E-state index in [0.717, 1.165) is 16.9 Å². The summed E-state index contributed by atoms with van der Waals surface area (Å²) in [4.78, 5) is 23.9. The van der Waals surface area contributed by atoms with E-state index in [9.17, 15) is 9.59 Å². The molecule has 8 nitrogen and oxygen atoms in total. The highest BCUT2D eigenvalue weighted by Crippen LogP contribution is 2.31. The maximum absolute atomic E-state index is 12.4. The molecule has 0 atom stereocenters. The summed E-state index contributed by atoms with van der Waals surface area (Å²) >= 11 is 7.49. The van der Waals surface area contributed by atoms with Gasteiger partial charge in [0, 0.05) is 12.2 Å². The standard InChI is InChI=1S/C22H21ClN4O4S/c1-3-24-19(28)13-31-17-10-9-14(12-18(17)30-2)11-16(23)21-26-27-22(32-21)20(29)25-15-7-5-4-6-8-15/h4-12H,3,13H2,1-2H3,(H,24,28)(H,25,29)/b16-11-. The molecule has 0 saturated carbocycles. The predicted molar refractivity (Wildman–Crippen MR) is 125 cm³/mol. The van der Waals surface area contributed by atoms with Crippen LogP contribution < -0.4 is 20.1 Å². The summed E-state index contributed by atoms with van der Waals surface area (Å²) in [5.41, 5.74) is 1.39. The average molecular weight is 473 g/mol. The second-order valence-electron chi connectivity index (χ2n) is 6.38. The van der Waals surface area contributed by atoms with E-state index in [-0.39, 0.29) is 23.4 Å². The van der Waals surface area contributed by atoms with Crippen molar-refractivity contribution in [2.45, 2.75) is 6.92 Å². The van der Waals surface area contributed by atoms with E-state index >= 15 is 0 Å². The SMILES string of the molecule is CCNC(=O)COc1ccc(/C=C(\Cl)c2nnc(C(=O)Nc3ccccc3)s2)cc1OC. The van der Waals surface area contributed by atoms with Gasteiger partial charge in [-0.1, -0.05) is 47.2 Å². The van der Waals surface area contributed by atoms with Gasteiger partial charge in [0.05, 0.1) is 12.1 Å². The maximum Gasteiger partial charge on any atom is 0.286 e. The molecule has 3 rings (SSSR count). The lowest BCUT2D eigenvalue weighted by Gasteiger charge is -2.11. The molecule has 2 aromatic carbocycles. The first-order valence-electron chi connectivity index (χ1n) is 9.65. The van der Waals surface area contributed by atoms with Crippen LogP contribution in [0.25, 0.3) is 11.1 Å². The Kier molecular flexibility index (Phi) is 8.18. The van der Waals surface area contributed by atoms with Crippen LogP contribution in [0.5, 0.6) is 11.5 Å². The number of nitrogens with zero attached hydrogens (tertiary/aromatic N) is 2. The zero-order chi connectivity index (χ0) is 22.9. The van der Waals surface area contributed by atoms with E-state index in [1.807, 2.05) is 25.1 Å². The number of carbonyl (C=O) groups excluding carboxylic acids is 2. The summed E-state index contributed by atoms with van der Waals surface area (Å²) in [6.07, 6.45) is 1.68. The normalized spacial score (nSPS) is 11.0. The molecule has 0 radical (unpaired) electrons. The zero-order valence-corrected chi connectivity index (χ0v) is 19.0. The minimum Gasteiger partial charge on any atom is -0.493 e. The van der Waals surface area contributed by atoms with Gasteiger partial charge < -0.3 is 20.1 Å². The van der Waals surface area contributed by atoms with Crippen molar-refractivity contribution in [3.8, 4) is 11.5 Å². The third kappa shape index (κ3) is 6.29. The van der Waals surface area contributed by atoms with Crippen molar-refractivity contribution in [3.63, 3.8) is 0 Å². The second kappa shape index (κ2) is 11.3. The Balaban J connectivity index is 1.70. The van der Waals surface area contributed by atoms with Crippen LogP contribution in [-0.2, 0) is 4.79 Å². The number of ether oxygens (including phenoxy) is 2. The molecule has 3 aromatic rings. The van der Waals surface area contributed by atoms with Crippen LogP contribution in [-0.4, -0.2) is 42.3 Å². The molecule has 1 aromatic heterocycles. The number of aromatic nitrogens is 2. The van der Waals surface area contributed by atoms with E-state index in [1.165, 1.54) is 7.11 Å². The highest BCUT2D eigenvalue weighted by Gasteiger charge is 2.15. The van der Waals surface area contributed by atoms with Crippen molar-refractivity contribution in [2.75, 3.05) is 25.6 Å². The first-order chi connectivity index (χ1) is 15.5. The van der Waals surface area contributed by atoms with Gasteiger partial charge in [0.25, 0.3) is 11.8 Å². The molecule has 0 aliphatic carbocycles. The van der Waals surface area contributed by atoms with Gasteiger partial charge in [-0.15, -0.1) is 10.2 Å². The fourth-order valence-corrected chi connectivity index (χ4v) is 3.54. The van der Waals surface area contributed by atoms with Crippen LogP contribution in [0, 0.1) is 0 Å². The molecule has 0 saturated heterocycles. The Morgan fingerprint density at radius 2 is 1.84 bits per heavy atom. The molecule has 10 heteroatoms. The first-order valence-corrected chi connectivity index (χ1v) is 10.8. The Labute approximate surface area is 194 Å². The molecule has 0 spiro atoms. The van der Waals surface area contributed by atoms with Crippen molar-refractivity contribution >= 4 is 51.5 Å². The van der Waals surface area contributed by atoms with Gasteiger partial charge in [0.1, 0.15) is 0 Å². The fraction of sp³-hybridized carbons (Fsp3) is 0.182. The van der Waals surface area contributed by atoms with Crippen LogP contribution in [0.3, 0.4) is 0 Å². The first kappa shape index (κ1) is 23.2. The van der Waals surface area contributed by atoms with Crippen molar-refractivity contribution in [1.29, 1.82) is 0 Å². The number of likely N-dealkylation sites (N-methyl/N-ethyl adjacent to an activating group) is 1. The van der Waals surface area contributed by atoms with Crippen LogP contribution in [0.15, 0.2) is 48.5 Å². The number of anilines is 1.